The van der Waals surface area contributed by atoms with E-state index in [-0.39, 0.29) is 0 Å². The largest absolute Gasteiger partial charge is 0.362 e. The Bertz CT molecular complexity index is 670. The summed E-state index contributed by atoms with van der Waals surface area (Å²) in [5.74, 6) is 1.67. The predicted molar refractivity (Wildman–Crippen MR) is 67.9 cm³/mol. The molecule has 3 aromatic rings. The van der Waals surface area contributed by atoms with E-state index in [4.69, 9.17) is 0 Å². The van der Waals surface area contributed by atoms with Crippen LogP contribution in [0.25, 0.3) is 10.9 Å². The first-order valence-electron chi connectivity index (χ1n) is 5.61. The molecule has 6 heteroatoms. The van der Waals surface area contributed by atoms with Crippen LogP contribution in [-0.2, 0) is 13.6 Å². The molecule has 6 nitrogen and oxygen atoms in total. The van der Waals surface area contributed by atoms with Crippen LogP contribution in [-0.4, -0.2) is 24.7 Å². The zero-order chi connectivity index (χ0) is 12.4. The number of benzene rings is 1. The van der Waals surface area contributed by atoms with Crippen LogP contribution in [0.15, 0.2) is 36.9 Å². The molecule has 0 fully saturated rings. The Labute approximate surface area is 104 Å². The van der Waals surface area contributed by atoms with E-state index in [0.717, 1.165) is 22.5 Å². The van der Waals surface area contributed by atoms with Gasteiger partial charge in [0.25, 0.3) is 0 Å². The summed E-state index contributed by atoms with van der Waals surface area (Å²) in [5, 5.41) is 12.1. The summed E-state index contributed by atoms with van der Waals surface area (Å²) in [6.07, 6.45) is 3.23. The van der Waals surface area contributed by atoms with Gasteiger partial charge in [-0.05, 0) is 12.1 Å². The molecule has 0 saturated carbocycles. The highest BCUT2D eigenvalue weighted by Gasteiger charge is 2.04. The van der Waals surface area contributed by atoms with E-state index in [9.17, 15) is 0 Å². The van der Waals surface area contributed by atoms with E-state index >= 15 is 0 Å². The lowest BCUT2D eigenvalue weighted by Gasteiger charge is -2.07. The summed E-state index contributed by atoms with van der Waals surface area (Å²) < 4.78 is 1.87. The molecule has 0 bridgehead atoms. The maximum absolute atomic E-state index is 4.26. The molecule has 0 radical (unpaired) electrons. The molecule has 1 N–H and O–H groups in total. The van der Waals surface area contributed by atoms with E-state index in [1.807, 2.05) is 35.9 Å². The number of para-hydroxylation sites is 1. The summed E-state index contributed by atoms with van der Waals surface area (Å²) in [7, 11) is 1.91. The third kappa shape index (κ3) is 1.88. The van der Waals surface area contributed by atoms with Crippen molar-refractivity contribution in [3.05, 3.63) is 42.7 Å². The van der Waals surface area contributed by atoms with E-state index in [0.29, 0.717) is 6.54 Å². The molecule has 18 heavy (non-hydrogen) atoms. The molecule has 90 valence electrons. The van der Waals surface area contributed by atoms with Gasteiger partial charge in [0.05, 0.1) is 12.1 Å². The van der Waals surface area contributed by atoms with Gasteiger partial charge in [-0.25, -0.2) is 9.97 Å². The van der Waals surface area contributed by atoms with E-state index < -0.39 is 0 Å². The number of anilines is 1. The lowest BCUT2D eigenvalue weighted by atomic mass is 10.2. The van der Waals surface area contributed by atoms with Gasteiger partial charge in [-0.1, -0.05) is 12.1 Å². The second-order valence-electron chi connectivity index (χ2n) is 3.95. The highest BCUT2D eigenvalue weighted by atomic mass is 15.3. The van der Waals surface area contributed by atoms with Crippen molar-refractivity contribution in [1.82, 2.24) is 24.7 Å². The average Bonchev–Trinajstić information content (AvgIpc) is 2.82. The van der Waals surface area contributed by atoms with Gasteiger partial charge in [-0.15, -0.1) is 10.2 Å². The van der Waals surface area contributed by atoms with Crippen LogP contribution in [0.5, 0.6) is 0 Å². The highest BCUT2D eigenvalue weighted by molar-refractivity contribution is 5.88. The molecule has 0 aliphatic carbocycles. The van der Waals surface area contributed by atoms with Crippen molar-refractivity contribution >= 4 is 16.7 Å². The Hall–Kier alpha value is -2.50. The minimum Gasteiger partial charge on any atom is -0.362 e. The van der Waals surface area contributed by atoms with Crippen LogP contribution < -0.4 is 5.32 Å². The summed E-state index contributed by atoms with van der Waals surface area (Å²) in [4.78, 5) is 8.48. The van der Waals surface area contributed by atoms with Gasteiger partial charge < -0.3 is 9.88 Å². The Morgan fingerprint density at radius 2 is 2.11 bits per heavy atom. The van der Waals surface area contributed by atoms with Crippen molar-refractivity contribution in [2.24, 2.45) is 7.05 Å². The average molecular weight is 240 g/mol. The van der Waals surface area contributed by atoms with Crippen LogP contribution in [0.1, 0.15) is 5.82 Å². The molecule has 3 rings (SSSR count). The lowest BCUT2D eigenvalue weighted by Crippen LogP contribution is -2.07. The molecule has 2 heterocycles. The molecule has 0 atom stereocenters. The zero-order valence-corrected chi connectivity index (χ0v) is 9.91. The Morgan fingerprint density at radius 3 is 2.94 bits per heavy atom. The quantitative estimate of drug-likeness (QED) is 0.748. The fourth-order valence-electron chi connectivity index (χ4n) is 1.78. The Balaban J connectivity index is 1.89. The number of hydrogen-bond acceptors (Lipinski definition) is 5. The van der Waals surface area contributed by atoms with Gasteiger partial charge in [-0.3, -0.25) is 0 Å². The third-order valence-corrected chi connectivity index (χ3v) is 2.76. The first-order valence-corrected chi connectivity index (χ1v) is 5.61. The third-order valence-electron chi connectivity index (χ3n) is 2.76. The maximum Gasteiger partial charge on any atom is 0.151 e. The summed E-state index contributed by atoms with van der Waals surface area (Å²) in [5.41, 5.74) is 0.924. The second-order valence-corrected chi connectivity index (χ2v) is 3.95. The molecule has 1 aromatic carbocycles. The SMILES string of the molecule is Cn1cnnc1CNc1ncnc2ccccc12. The van der Waals surface area contributed by atoms with Gasteiger partial charge in [-0.2, -0.15) is 0 Å². The molecule has 0 aliphatic rings. The number of nitrogens with one attached hydrogen (secondary N) is 1. The standard InChI is InChI=1S/C12H12N6/c1-18-8-16-17-11(18)6-13-12-9-4-2-3-5-10(9)14-7-15-12/h2-5,7-8H,6H2,1H3,(H,13,14,15). The zero-order valence-electron chi connectivity index (χ0n) is 9.91. The summed E-state index contributed by atoms with van der Waals surface area (Å²) in [6.45, 7) is 0.581. The lowest BCUT2D eigenvalue weighted by molar-refractivity contribution is 0.810. The molecule has 0 aliphatic heterocycles. The van der Waals surface area contributed by atoms with Gasteiger partial charge in [0.15, 0.2) is 5.82 Å². The normalized spacial score (nSPS) is 10.7. The molecular formula is C12H12N6. The van der Waals surface area contributed by atoms with Crippen LogP contribution in [0, 0.1) is 0 Å². The molecule has 0 amide bonds. The Kier molecular flexibility index (Phi) is 2.60. The van der Waals surface area contributed by atoms with Crippen molar-refractivity contribution in [3.8, 4) is 0 Å². The number of nitrogens with zero attached hydrogens (tertiary/aromatic N) is 5. The predicted octanol–water partition coefficient (Wildman–Crippen LogP) is 1.37. The van der Waals surface area contributed by atoms with Gasteiger partial charge in [0.1, 0.15) is 18.5 Å². The number of fused-ring (bicyclic) bond motifs is 1. The van der Waals surface area contributed by atoms with Gasteiger partial charge in [0.2, 0.25) is 0 Å². The monoisotopic (exact) mass is 240 g/mol. The molecule has 0 spiro atoms. The maximum atomic E-state index is 4.26. The minimum atomic E-state index is 0.581. The van der Waals surface area contributed by atoms with E-state index in [2.05, 4.69) is 25.5 Å². The minimum absolute atomic E-state index is 0.581. The van der Waals surface area contributed by atoms with E-state index in [1.54, 1.807) is 12.7 Å². The molecular weight excluding hydrogens is 228 g/mol. The number of aromatic nitrogens is 5. The summed E-state index contributed by atoms with van der Waals surface area (Å²) >= 11 is 0. The van der Waals surface area contributed by atoms with Crippen LogP contribution >= 0.6 is 0 Å². The highest BCUT2D eigenvalue weighted by Crippen LogP contribution is 2.18. The van der Waals surface area contributed by atoms with Crippen LogP contribution in [0.2, 0.25) is 0 Å². The second kappa shape index (κ2) is 4.40. The Morgan fingerprint density at radius 1 is 1.22 bits per heavy atom. The van der Waals surface area contributed by atoms with Crippen molar-refractivity contribution in [2.45, 2.75) is 6.54 Å². The number of rotatable bonds is 3. The van der Waals surface area contributed by atoms with Crippen LogP contribution in [0.3, 0.4) is 0 Å². The van der Waals surface area contributed by atoms with Gasteiger partial charge >= 0.3 is 0 Å². The number of hydrogen-bond donors (Lipinski definition) is 1. The summed E-state index contributed by atoms with van der Waals surface area (Å²) in [6, 6.07) is 7.89. The van der Waals surface area contributed by atoms with Crippen molar-refractivity contribution in [3.63, 3.8) is 0 Å². The van der Waals surface area contributed by atoms with Gasteiger partial charge in [0, 0.05) is 12.4 Å². The van der Waals surface area contributed by atoms with Crippen molar-refractivity contribution < 1.29 is 0 Å². The topological polar surface area (TPSA) is 68.5 Å². The number of aryl methyl sites for hydroxylation is 1. The fourth-order valence-corrected chi connectivity index (χ4v) is 1.78. The fraction of sp³-hybridized carbons (Fsp3) is 0.167. The first kappa shape index (κ1) is 10.6. The first-order chi connectivity index (χ1) is 8.84. The van der Waals surface area contributed by atoms with Crippen LogP contribution in [0.4, 0.5) is 5.82 Å². The molecule has 2 aromatic heterocycles. The molecule has 0 saturated heterocycles. The van der Waals surface area contributed by atoms with E-state index in [1.165, 1.54) is 0 Å². The smallest absolute Gasteiger partial charge is 0.151 e. The molecule has 0 unspecified atom stereocenters. The van der Waals surface area contributed by atoms with Crippen molar-refractivity contribution in [2.75, 3.05) is 5.32 Å². The van der Waals surface area contributed by atoms with Crippen molar-refractivity contribution in [1.29, 1.82) is 0 Å².